The molecule has 0 bridgehead atoms. The van der Waals surface area contributed by atoms with Crippen LogP contribution in [0.2, 0.25) is 0 Å². The van der Waals surface area contributed by atoms with Gasteiger partial charge in [0.2, 0.25) is 0 Å². The molecule has 0 aromatic heterocycles. The van der Waals surface area contributed by atoms with Gasteiger partial charge in [0.15, 0.2) is 11.5 Å². The Morgan fingerprint density at radius 2 is 2.06 bits per heavy atom. The highest BCUT2D eigenvalue weighted by Gasteiger charge is 2.15. The Balaban J connectivity index is 2.20. The Bertz CT molecular complexity index is 419. The summed E-state index contributed by atoms with van der Waals surface area (Å²) in [5, 5.41) is 8.69. The van der Waals surface area contributed by atoms with Gasteiger partial charge in [-0.05, 0) is 17.7 Å². The molecule has 1 aromatic rings. The lowest BCUT2D eigenvalue weighted by atomic mass is 10.0. The van der Waals surface area contributed by atoms with Gasteiger partial charge in [0, 0.05) is 12.5 Å². The third-order valence-corrected chi connectivity index (χ3v) is 2.59. The first-order chi connectivity index (χ1) is 8.16. The summed E-state index contributed by atoms with van der Waals surface area (Å²) in [4.78, 5) is 10.6. The van der Waals surface area contributed by atoms with Crippen LogP contribution >= 0.6 is 0 Å². The number of aliphatic carboxylic acids is 1. The van der Waals surface area contributed by atoms with Crippen molar-refractivity contribution in [1.29, 1.82) is 0 Å². The molecule has 1 aromatic carbocycles. The summed E-state index contributed by atoms with van der Waals surface area (Å²) in [7, 11) is 0. The van der Waals surface area contributed by atoms with E-state index in [4.69, 9.17) is 20.3 Å². The van der Waals surface area contributed by atoms with Crippen LogP contribution in [0.3, 0.4) is 0 Å². The van der Waals surface area contributed by atoms with Gasteiger partial charge in [-0.2, -0.15) is 0 Å². The van der Waals surface area contributed by atoms with E-state index >= 15 is 0 Å². The molecule has 1 aliphatic heterocycles. The zero-order valence-electron chi connectivity index (χ0n) is 9.39. The van der Waals surface area contributed by atoms with E-state index in [1.54, 1.807) is 18.2 Å². The first-order valence-electron chi connectivity index (χ1n) is 5.54. The predicted octanol–water partition coefficient (Wildman–Crippen LogP) is 1.32. The normalized spacial score (nSPS) is 16.1. The van der Waals surface area contributed by atoms with Crippen LogP contribution in [-0.2, 0) is 4.79 Å². The van der Waals surface area contributed by atoms with E-state index in [2.05, 4.69) is 0 Å². The number of carboxylic acid groups (broad SMARTS) is 1. The van der Waals surface area contributed by atoms with Crippen LogP contribution in [0.15, 0.2) is 18.2 Å². The maximum Gasteiger partial charge on any atom is 0.305 e. The highest BCUT2D eigenvalue weighted by molar-refractivity contribution is 5.68. The number of hydrogen-bond acceptors (Lipinski definition) is 4. The Hall–Kier alpha value is -1.75. The summed E-state index contributed by atoms with van der Waals surface area (Å²) in [5.41, 5.74) is 6.54. The molecule has 2 rings (SSSR count). The molecule has 17 heavy (non-hydrogen) atoms. The summed E-state index contributed by atoms with van der Waals surface area (Å²) < 4.78 is 11.0. The van der Waals surface area contributed by atoms with Gasteiger partial charge in [0.25, 0.3) is 0 Å². The third kappa shape index (κ3) is 2.88. The number of nitrogens with two attached hydrogens (primary N) is 1. The molecule has 92 valence electrons. The van der Waals surface area contributed by atoms with Crippen LogP contribution in [-0.4, -0.2) is 24.3 Å². The number of carboxylic acids is 1. The predicted molar refractivity (Wildman–Crippen MR) is 61.2 cm³/mol. The van der Waals surface area contributed by atoms with E-state index in [-0.39, 0.29) is 6.42 Å². The van der Waals surface area contributed by atoms with Crippen molar-refractivity contribution in [3.05, 3.63) is 23.8 Å². The number of rotatable bonds is 3. The molecule has 0 aliphatic carbocycles. The second-order valence-corrected chi connectivity index (χ2v) is 3.96. The van der Waals surface area contributed by atoms with Gasteiger partial charge in [-0.1, -0.05) is 6.07 Å². The lowest BCUT2D eigenvalue weighted by Gasteiger charge is -2.13. The van der Waals surface area contributed by atoms with Gasteiger partial charge in [-0.3, -0.25) is 4.79 Å². The van der Waals surface area contributed by atoms with Crippen LogP contribution in [0.5, 0.6) is 11.5 Å². The molecular formula is C12H15NO4. The van der Waals surface area contributed by atoms with Crippen LogP contribution in [0.25, 0.3) is 0 Å². The third-order valence-electron chi connectivity index (χ3n) is 2.59. The Morgan fingerprint density at radius 1 is 1.35 bits per heavy atom. The number of carbonyl (C=O) groups is 1. The molecule has 0 radical (unpaired) electrons. The Labute approximate surface area is 99.1 Å². The van der Waals surface area contributed by atoms with E-state index in [0.717, 1.165) is 12.0 Å². The minimum Gasteiger partial charge on any atom is -0.490 e. The number of fused-ring (bicyclic) bond motifs is 1. The summed E-state index contributed by atoms with van der Waals surface area (Å²) >= 11 is 0. The molecule has 1 aliphatic rings. The summed E-state index contributed by atoms with van der Waals surface area (Å²) in [5.74, 6) is 0.416. The van der Waals surface area contributed by atoms with Crippen molar-refractivity contribution in [1.82, 2.24) is 0 Å². The molecular weight excluding hydrogens is 222 g/mol. The highest BCUT2D eigenvalue weighted by atomic mass is 16.5. The zero-order chi connectivity index (χ0) is 12.3. The summed E-state index contributed by atoms with van der Waals surface area (Å²) in [6.45, 7) is 1.23. The summed E-state index contributed by atoms with van der Waals surface area (Å²) in [6, 6.07) is 4.79. The van der Waals surface area contributed by atoms with Crippen molar-refractivity contribution < 1.29 is 19.4 Å². The minimum atomic E-state index is -0.912. The van der Waals surface area contributed by atoms with E-state index < -0.39 is 12.0 Å². The molecule has 0 saturated carbocycles. The SMILES string of the molecule is NC(CC(=O)O)c1ccc2c(c1)OCCCO2. The highest BCUT2D eigenvalue weighted by Crippen LogP contribution is 2.32. The standard InChI is InChI=1S/C12H15NO4/c13-9(7-12(14)15)8-2-3-10-11(6-8)17-5-1-4-16-10/h2-3,6,9H,1,4-5,7,13H2,(H,14,15). The molecule has 3 N–H and O–H groups in total. The maximum absolute atomic E-state index is 10.6. The van der Waals surface area contributed by atoms with Gasteiger partial charge in [-0.15, -0.1) is 0 Å². The molecule has 1 unspecified atom stereocenters. The molecule has 1 atom stereocenters. The second-order valence-electron chi connectivity index (χ2n) is 3.96. The van der Waals surface area contributed by atoms with Crippen molar-refractivity contribution in [2.75, 3.05) is 13.2 Å². The van der Waals surface area contributed by atoms with E-state index in [1.807, 2.05) is 0 Å². The molecule has 5 nitrogen and oxygen atoms in total. The van der Waals surface area contributed by atoms with Gasteiger partial charge < -0.3 is 20.3 Å². The lowest BCUT2D eigenvalue weighted by Crippen LogP contribution is -2.15. The van der Waals surface area contributed by atoms with Crippen LogP contribution in [0, 0.1) is 0 Å². The van der Waals surface area contributed by atoms with Gasteiger partial charge >= 0.3 is 5.97 Å². The molecule has 1 heterocycles. The molecule has 0 spiro atoms. The fourth-order valence-corrected chi connectivity index (χ4v) is 1.72. The van der Waals surface area contributed by atoms with Crippen LogP contribution < -0.4 is 15.2 Å². The monoisotopic (exact) mass is 237 g/mol. The fourth-order valence-electron chi connectivity index (χ4n) is 1.72. The van der Waals surface area contributed by atoms with Crippen molar-refractivity contribution in [3.63, 3.8) is 0 Å². The van der Waals surface area contributed by atoms with Crippen LogP contribution in [0.4, 0.5) is 0 Å². The maximum atomic E-state index is 10.6. The van der Waals surface area contributed by atoms with Gasteiger partial charge in [-0.25, -0.2) is 0 Å². The zero-order valence-corrected chi connectivity index (χ0v) is 9.39. The van der Waals surface area contributed by atoms with E-state index in [1.165, 1.54) is 0 Å². The van der Waals surface area contributed by atoms with Crippen molar-refractivity contribution in [2.45, 2.75) is 18.9 Å². The van der Waals surface area contributed by atoms with Crippen molar-refractivity contribution in [2.24, 2.45) is 5.73 Å². The smallest absolute Gasteiger partial charge is 0.305 e. The number of benzene rings is 1. The molecule has 0 saturated heterocycles. The average molecular weight is 237 g/mol. The Morgan fingerprint density at radius 3 is 2.76 bits per heavy atom. The number of ether oxygens (including phenoxy) is 2. The quantitative estimate of drug-likeness (QED) is 0.828. The van der Waals surface area contributed by atoms with Gasteiger partial charge in [0.1, 0.15) is 0 Å². The largest absolute Gasteiger partial charge is 0.490 e. The molecule has 5 heteroatoms. The van der Waals surface area contributed by atoms with E-state index in [0.29, 0.717) is 24.7 Å². The summed E-state index contributed by atoms with van der Waals surface area (Å²) in [6.07, 6.45) is 0.741. The second kappa shape index (κ2) is 5.05. The van der Waals surface area contributed by atoms with Crippen molar-refractivity contribution in [3.8, 4) is 11.5 Å². The van der Waals surface area contributed by atoms with Crippen LogP contribution in [0.1, 0.15) is 24.4 Å². The average Bonchev–Trinajstić information content (AvgIpc) is 2.51. The molecule has 0 amide bonds. The lowest BCUT2D eigenvalue weighted by molar-refractivity contribution is -0.137. The fraction of sp³-hybridized carbons (Fsp3) is 0.417. The number of hydrogen-bond donors (Lipinski definition) is 2. The molecule has 0 fully saturated rings. The van der Waals surface area contributed by atoms with E-state index in [9.17, 15) is 4.79 Å². The first-order valence-corrected chi connectivity index (χ1v) is 5.54. The first kappa shape index (κ1) is 11.7. The topological polar surface area (TPSA) is 81.8 Å². The van der Waals surface area contributed by atoms with Gasteiger partial charge in [0.05, 0.1) is 19.6 Å². The minimum absolute atomic E-state index is 0.0976. The Kier molecular flexibility index (Phi) is 3.49. The van der Waals surface area contributed by atoms with Crippen molar-refractivity contribution >= 4 is 5.97 Å².